The molecule has 0 bridgehead atoms. The fraction of sp³-hybridized carbons (Fsp3) is 0.419. The topological polar surface area (TPSA) is 26.0 Å². The summed E-state index contributed by atoms with van der Waals surface area (Å²) in [6, 6.07) is 19.0. The highest BCUT2D eigenvalue weighted by molar-refractivity contribution is 5.63. The summed E-state index contributed by atoms with van der Waals surface area (Å²) in [5.41, 5.74) is 11.0. The zero-order valence-corrected chi connectivity index (χ0v) is 22.4. The summed E-state index contributed by atoms with van der Waals surface area (Å²) in [4.78, 5) is 0. The monoisotopic (exact) mass is 437 g/mol. The van der Waals surface area contributed by atoms with Crippen molar-refractivity contribution in [2.24, 2.45) is 11.7 Å². The summed E-state index contributed by atoms with van der Waals surface area (Å²) in [7, 11) is 1.50. The highest BCUT2D eigenvalue weighted by Gasteiger charge is 2.01. The molecular formula is C31H51N. The van der Waals surface area contributed by atoms with Crippen molar-refractivity contribution in [3.63, 3.8) is 0 Å². The molecule has 1 unspecified atom stereocenters. The van der Waals surface area contributed by atoms with Crippen molar-refractivity contribution in [3.8, 4) is 11.1 Å². The Bertz CT molecular complexity index is 680. The number of rotatable bonds is 7. The number of nitrogens with two attached hydrogens (primary N) is 1. The molecule has 1 atom stereocenters. The predicted molar refractivity (Wildman–Crippen MR) is 151 cm³/mol. The van der Waals surface area contributed by atoms with Gasteiger partial charge in [-0.1, -0.05) is 111 Å². The Morgan fingerprint density at radius 1 is 0.875 bits per heavy atom. The molecule has 2 aromatic carbocycles. The first-order chi connectivity index (χ1) is 15.3. The van der Waals surface area contributed by atoms with Gasteiger partial charge in [0, 0.05) is 0 Å². The van der Waals surface area contributed by atoms with Crippen molar-refractivity contribution >= 4 is 0 Å². The van der Waals surface area contributed by atoms with Gasteiger partial charge in [-0.05, 0) is 71.0 Å². The smallest absolute Gasteiger partial charge is 0.0184 e. The summed E-state index contributed by atoms with van der Waals surface area (Å²) in [6.07, 6.45) is 6.80. The molecule has 0 fully saturated rings. The molecule has 2 N–H and O–H groups in total. The van der Waals surface area contributed by atoms with E-state index >= 15 is 0 Å². The second-order valence-corrected chi connectivity index (χ2v) is 7.59. The maximum atomic E-state index is 4.50. The van der Waals surface area contributed by atoms with Crippen molar-refractivity contribution in [3.05, 3.63) is 97.1 Å². The van der Waals surface area contributed by atoms with Crippen LogP contribution < -0.4 is 5.73 Å². The van der Waals surface area contributed by atoms with Gasteiger partial charge in [-0.25, -0.2) is 0 Å². The molecule has 0 heterocycles. The molecule has 0 aromatic heterocycles. The number of aryl methyl sites for hydroxylation is 1. The maximum Gasteiger partial charge on any atom is -0.0184 e. The van der Waals surface area contributed by atoms with E-state index in [1.54, 1.807) is 6.08 Å². The summed E-state index contributed by atoms with van der Waals surface area (Å²) >= 11 is 0. The van der Waals surface area contributed by atoms with Crippen LogP contribution >= 0.6 is 0 Å². The first kappa shape index (κ1) is 34.2. The Balaban J connectivity index is -0.000000413. The molecule has 0 aliphatic rings. The SMILES string of the molecule is C=C(C)CCCCC(C)C(=C)C.C=CC.CC.CN.Cc1ccc(-c2ccccc2)cc1. The third-order valence-corrected chi connectivity index (χ3v) is 4.49. The molecule has 0 radical (unpaired) electrons. The van der Waals surface area contributed by atoms with E-state index < -0.39 is 0 Å². The third-order valence-electron chi connectivity index (χ3n) is 4.49. The largest absolute Gasteiger partial charge is 0.333 e. The third kappa shape index (κ3) is 20.9. The minimum absolute atomic E-state index is 0.690. The maximum absolute atomic E-state index is 4.50. The Hall–Kier alpha value is -2.38. The van der Waals surface area contributed by atoms with E-state index in [1.807, 2.05) is 26.8 Å². The van der Waals surface area contributed by atoms with Crippen LogP contribution in [0.1, 0.15) is 72.8 Å². The lowest BCUT2D eigenvalue weighted by Gasteiger charge is -2.09. The lowest BCUT2D eigenvalue weighted by Crippen LogP contribution is -1.94. The van der Waals surface area contributed by atoms with E-state index in [9.17, 15) is 0 Å². The zero-order valence-electron chi connectivity index (χ0n) is 22.4. The highest BCUT2D eigenvalue weighted by Crippen LogP contribution is 2.19. The molecule has 32 heavy (non-hydrogen) atoms. The minimum Gasteiger partial charge on any atom is -0.333 e. The average molecular weight is 438 g/mol. The van der Waals surface area contributed by atoms with Crippen LogP contribution in [-0.4, -0.2) is 7.05 Å². The summed E-state index contributed by atoms with van der Waals surface area (Å²) in [5, 5.41) is 0. The van der Waals surface area contributed by atoms with E-state index in [4.69, 9.17) is 0 Å². The van der Waals surface area contributed by atoms with Gasteiger partial charge < -0.3 is 5.73 Å². The summed E-state index contributed by atoms with van der Waals surface area (Å²) < 4.78 is 0. The van der Waals surface area contributed by atoms with Crippen LogP contribution in [0.15, 0.2) is 91.6 Å². The van der Waals surface area contributed by atoms with Crippen LogP contribution in [0.3, 0.4) is 0 Å². The summed E-state index contributed by atoms with van der Waals surface area (Å²) in [5.74, 6) is 0.690. The second-order valence-electron chi connectivity index (χ2n) is 7.59. The fourth-order valence-electron chi connectivity index (χ4n) is 2.50. The Morgan fingerprint density at radius 3 is 1.72 bits per heavy atom. The van der Waals surface area contributed by atoms with E-state index in [1.165, 1.54) is 60.6 Å². The summed E-state index contributed by atoms with van der Waals surface area (Å²) in [6.45, 7) is 25.7. The van der Waals surface area contributed by atoms with Crippen molar-refractivity contribution < 1.29 is 0 Å². The molecule has 0 saturated heterocycles. The number of hydrogen-bond donors (Lipinski definition) is 1. The number of allylic oxidation sites excluding steroid dienone is 3. The van der Waals surface area contributed by atoms with Crippen molar-refractivity contribution in [1.82, 2.24) is 0 Å². The standard InChI is InChI=1S/C13H12.C12H22.C3H6.C2H6.CH5N/c1-11-7-9-13(10-8-11)12-5-3-2-4-6-12;1-10(2)8-6-7-9-12(5)11(3)4;1-3-2;2*1-2/h2-10H,1H3;12H,1,3,6-9H2,2,4-5H3;3H,1H2,2H3;1-2H3;2H2,1H3. The molecule has 2 aromatic rings. The van der Waals surface area contributed by atoms with Gasteiger partial charge >= 0.3 is 0 Å². The molecule has 180 valence electrons. The number of benzene rings is 2. The minimum atomic E-state index is 0.690. The van der Waals surface area contributed by atoms with E-state index in [0.717, 1.165) is 0 Å². The normalized spacial score (nSPS) is 9.53. The van der Waals surface area contributed by atoms with Crippen LogP contribution in [-0.2, 0) is 0 Å². The molecule has 0 aliphatic carbocycles. The average Bonchev–Trinajstić information content (AvgIpc) is 2.81. The number of hydrogen-bond acceptors (Lipinski definition) is 1. The molecule has 0 aliphatic heterocycles. The second kappa shape index (κ2) is 24.9. The van der Waals surface area contributed by atoms with Gasteiger partial charge in [0.15, 0.2) is 0 Å². The Labute approximate surface area is 201 Å². The van der Waals surface area contributed by atoms with E-state index in [2.05, 4.69) is 102 Å². The first-order valence-electron chi connectivity index (χ1n) is 11.9. The molecule has 0 amide bonds. The predicted octanol–water partition coefficient (Wildman–Crippen LogP) is 9.79. The Morgan fingerprint density at radius 2 is 1.31 bits per heavy atom. The van der Waals surface area contributed by atoms with Gasteiger partial charge in [0.2, 0.25) is 0 Å². The molecule has 1 nitrogen and oxygen atoms in total. The van der Waals surface area contributed by atoms with Crippen LogP contribution in [0, 0.1) is 12.8 Å². The van der Waals surface area contributed by atoms with Crippen LogP contribution in [0.25, 0.3) is 11.1 Å². The van der Waals surface area contributed by atoms with Gasteiger partial charge in [0.25, 0.3) is 0 Å². The Kier molecular flexibility index (Phi) is 26.6. The van der Waals surface area contributed by atoms with Crippen molar-refractivity contribution in [2.75, 3.05) is 7.05 Å². The fourth-order valence-corrected chi connectivity index (χ4v) is 2.50. The quantitative estimate of drug-likeness (QED) is 0.338. The van der Waals surface area contributed by atoms with Gasteiger partial charge in [-0.2, -0.15) is 0 Å². The highest BCUT2D eigenvalue weighted by atomic mass is 14.4. The van der Waals surface area contributed by atoms with Crippen molar-refractivity contribution in [2.45, 2.75) is 74.1 Å². The molecule has 1 heteroatoms. The van der Waals surface area contributed by atoms with E-state index in [0.29, 0.717) is 5.92 Å². The molecular weight excluding hydrogens is 386 g/mol. The van der Waals surface area contributed by atoms with Crippen LogP contribution in [0.2, 0.25) is 0 Å². The molecule has 0 saturated carbocycles. The lowest BCUT2D eigenvalue weighted by molar-refractivity contribution is 0.559. The van der Waals surface area contributed by atoms with Gasteiger partial charge in [-0.3, -0.25) is 0 Å². The molecule has 2 rings (SSSR count). The van der Waals surface area contributed by atoms with Gasteiger partial charge in [0.05, 0.1) is 0 Å². The van der Waals surface area contributed by atoms with Crippen molar-refractivity contribution in [1.29, 1.82) is 0 Å². The van der Waals surface area contributed by atoms with E-state index in [-0.39, 0.29) is 0 Å². The van der Waals surface area contributed by atoms with Gasteiger partial charge in [0.1, 0.15) is 0 Å². The van der Waals surface area contributed by atoms with Crippen LogP contribution in [0.5, 0.6) is 0 Å². The van der Waals surface area contributed by atoms with Crippen LogP contribution in [0.4, 0.5) is 0 Å². The number of unbranched alkanes of at least 4 members (excludes halogenated alkanes) is 1. The lowest BCUT2D eigenvalue weighted by atomic mass is 9.96. The zero-order chi connectivity index (χ0) is 25.4. The van der Waals surface area contributed by atoms with Gasteiger partial charge in [-0.15, -0.1) is 13.2 Å². The molecule has 0 spiro atoms. The first-order valence-corrected chi connectivity index (χ1v) is 11.9.